The molecular weight excluding hydrogens is 349 g/mol. The Morgan fingerprint density at radius 3 is 1.39 bits per heavy atom. The SMILES string of the molecule is CC1=CN(C)NN1C.CC1=[C-]N(C)NN1C.F[P-](F)(F)(F)(F)F. The van der Waals surface area contributed by atoms with E-state index in [1.54, 1.807) is 5.01 Å². The molecule has 2 aliphatic rings. The van der Waals surface area contributed by atoms with Gasteiger partial charge in [-0.2, -0.15) is 5.53 Å². The number of hydrogen-bond acceptors (Lipinski definition) is 6. The summed E-state index contributed by atoms with van der Waals surface area (Å²) in [5.41, 5.74) is 8.36. The van der Waals surface area contributed by atoms with Gasteiger partial charge in [-0.05, 0) is 14.0 Å². The molecule has 0 amide bonds. The summed E-state index contributed by atoms with van der Waals surface area (Å²) in [6.07, 6.45) is 5.06. The summed E-state index contributed by atoms with van der Waals surface area (Å²) >= 11 is 0. The molecule has 0 unspecified atom stereocenters. The molecule has 0 radical (unpaired) electrons. The molecule has 0 aliphatic carbocycles. The molecule has 0 saturated carbocycles. The van der Waals surface area contributed by atoms with Gasteiger partial charge in [0.25, 0.3) is 0 Å². The van der Waals surface area contributed by atoms with Crippen molar-refractivity contribution in [2.75, 3.05) is 28.2 Å². The van der Waals surface area contributed by atoms with Crippen LogP contribution in [0.3, 0.4) is 0 Å². The Bertz CT molecular complexity index is 433. The van der Waals surface area contributed by atoms with E-state index < -0.39 is 7.81 Å². The first kappa shape index (κ1) is 21.6. The average molecular weight is 370 g/mol. The Kier molecular flexibility index (Phi) is 5.87. The quantitative estimate of drug-likeness (QED) is 0.386. The van der Waals surface area contributed by atoms with Crippen LogP contribution in [0.2, 0.25) is 0 Å². The molecule has 2 rings (SSSR count). The van der Waals surface area contributed by atoms with Crippen LogP contribution in [0.5, 0.6) is 0 Å². The van der Waals surface area contributed by atoms with Gasteiger partial charge >= 0.3 is 33.0 Å². The van der Waals surface area contributed by atoms with Gasteiger partial charge in [-0.25, -0.2) is 0 Å². The van der Waals surface area contributed by atoms with E-state index >= 15 is 0 Å². The van der Waals surface area contributed by atoms with Crippen molar-refractivity contribution in [3.8, 4) is 0 Å². The molecule has 13 heteroatoms. The summed E-state index contributed by atoms with van der Waals surface area (Å²) in [6, 6.07) is 0. The number of allylic oxidation sites excluding steroid dienone is 2. The Hall–Kier alpha value is -1.39. The zero-order chi connectivity index (χ0) is 18.7. The van der Waals surface area contributed by atoms with E-state index in [4.69, 9.17) is 0 Å². The van der Waals surface area contributed by atoms with Gasteiger partial charge in [0.1, 0.15) is 0 Å². The molecule has 2 aliphatic heterocycles. The third-order valence-corrected chi connectivity index (χ3v) is 2.35. The maximum absolute atomic E-state index is 10.7. The Morgan fingerprint density at radius 2 is 1.30 bits per heavy atom. The van der Waals surface area contributed by atoms with Crippen LogP contribution in [0.15, 0.2) is 17.6 Å². The Labute approximate surface area is 131 Å². The van der Waals surface area contributed by atoms with Crippen LogP contribution in [0.25, 0.3) is 0 Å². The number of hydrazine groups is 4. The monoisotopic (exact) mass is 370 g/mol. The van der Waals surface area contributed by atoms with E-state index in [0.29, 0.717) is 0 Å². The molecule has 23 heavy (non-hydrogen) atoms. The number of halogens is 6. The van der Waals surface area contributed by atoms with E-state index in [0.717, 1.165) is 5.70 Å². The number of rotatable bonds is 0. The summed E-state index contributed by atoms with van der Waals surface area (Å²) in [5, 5.41) is 7.56. The fourth-order valence-electron chi connectivity index (χ4n) is 1.35. The molecule has 0 bridgehead atoms. The number of nitrogens with one attached hydrogen (secondary N) is 2. The molecule has 6 nitrogen and oxygen atoms in total. The molecule has 140 valence electrons. The second kappa shape index (κ2) is 6.25. The van der Waals surface area contributed by atoms with Crippen molar-refractivity contribution < 1.29 is 25.2 Å². The van der Waals surface area contributed by atoms with Crippen LogP contribution in [0.1, 0.15) is 13.8 Å². The first-order valence-corrected chi connectivity index (χ1v) is 8.19. The van der Waals surface area contributed by atoms with Crippen LogP contribution in [-0.4, -0.2) is 48.2 Å². The molecule has 2 N–H and O–H groups in total. The second-order valence-electron chi connectivity index (χ2n) is 4.91. The van der Waals surface area contributed by atoms with E-state index in [1.807, 2.05) is 56.3 Å². The zero-order valence-electron chi connectivity index (χ0n) is 13.6. The van der Waals surface area contributed by atoms with Crippen molar-refractivity contribution in [3.05, 3.63) is 23.8 Å². The van der Waals surface area contributed by atoms with Crippen LogP contribution in [0, 0.1) is 6.20 Å². The van der Waals surface area contributed by atoms with Gasteiger partial charge in [-0.1, -0.05) is 6.92 Å². The maximum atomic E-state index is 9.87. The third kappa shape index (κ3) is 14.0. The van der Waals surface area contributed by atoms with Crippen molar-refractivity contribution in [1.29, 1.82) is 0 Å². The van der Waals surface area contributed by atoms with E-state index in [-0.39, 0.29) is 0 Å². The molecule has 0 atom stereocenters. The van der Waals surface area contributed by atoms with Crippen molar-refractivity contribution in [1.82, 2.24) is 31.1 Å². The van der Waals surface area contributed by atoms with Crippen molar-refractivity contribution in [2.45, 2.75) is 13.8 Å². The van der Waals surface area contributed by atoms with Gasteiger partial charge in [-0.15, -0.1) is 11.2 Å². The molecule has 0 aromatic heterocycles. The fraction of sp³-hybridized carbons (Fsp3) is 0.600. The van der Waals surface area contributed by atoms with E-state index in [2.05, 4.69) is 24.2 Å². The zero-order valence-corrected chi connectivity index (χ0v) is 14.5. The number of hydrogen-bond donors (Lipinski definition) is 2. The van der Waals surface area contributed by atoms with Crippen molar-refractivity contribution in [2.24, 2.45) is 0 Å². The van der Waals surface area contributed by atoms with Gasteiger partial charge in [-0.3, -0.25) is 10.0 Å². The van der Waals surface area contributed by atoms with Crippen molar-refractivity contribution in [3.63, 3.8) is 0 Å². The molecule has 0 aromatic rings. The first-order chi connectivity index (χ1) is 9.85. The average Bonchev–Trinajstić information content (AvgIpc) is 2.66. The van der Waals surface area contributed by atoms with Gasteiger partial charge in [0.05, 0.1) is 0 Å². The summed E-state index contributed by atoms with van der Waals surface area (Å²) in [4.78, 5) is 0. The fourth-order valence-corrected chi connectivity index (χ4v) is 1.35. The van der Waals surface area contributed by atoms with Crippen LogP contribution in [-0.2, 0) is 0 Å². The van der Waals surface area contributed by atoms with Crippen LogP contribution in [0.4, 0.5) is 25.2 Å². The van der Waals surface area contributed by atoms with Gasteiger partial charge < -0.3 is 16.2 Å². The van der Waals surface area contributed by atoms with Crippen LogP contribution < -0.4 is 11.1 Å². The topological polar surface area (TPSA) is 37.0 Å². The third-order valence-electron chi connectivity index (χ3n) is 2.35. The van der Waals surface area contributed by atoms with Gasteiger partial charge in [0.2, 0.25) is 0 Å². The second-order valence-corrected chi connectivity index (χ2v) is 6.83. The van der Waals surface area contributed by atoms with Crippen LogP contribution >= 0.6 is 7.81 Å². The molecular formula is C10H21F6N6P-2. The molecule has 0 spiro atoms. The summed E-state index contributed by atoms with van der Waals surface area (Å²) < 4.78 is 59.2. The van der Waals surface area contributed by atoms with Gasteiger partial charge in [0, 0.05) is 33.0 Å². The standard InChI is InChI=1S/C5H11N3.C5H10N3.F6P/c2*1-5-4-7(2)6-8(5)3;1-7(2,3,4,5)6/h4,6H,1-3H3;6H,1-3H3;/q;2*-1. The predicted molar refractivity (Wildman–Crippen MR) is 77.1 cm³/mol. The Balaban J connectivity index is 0.000000317. The van der Waals surface area contributed by atoms with E-state index in [1.165, 1.54) is 5.70 Å². The molecule has 0 saturated heterocycles. The van der Waals surface area contributed by atoms with Crippen molar-refractivity contribution >= 4 is 7.81 Å². The van der Waals surface area contributed by atoms with E-state index in [9.17, 15) is 25.2 Å². The molecule has 0 fully saturated rings. The van der Waals surface area contributed by atoms with Gasteiger partial charge in [0.15, 0.2) is 0 Å². The Morgan fingerprint density at radius 1 is 0.870 bits per heavy atom. The minimum absolute atomic E-state index is 1.10. The molecule has 0 aromatic carbocycles. The predicted octanol–water partition coefficient (Wildman–Crippen LogP) is 3.47. The summed E-state index contributed by atoms with van der Waals surface area (Å²) in [5.74, 6) is 0. The summed E-state index contributed by atoms with van der Waals surface area (Å²) in [6.45, 7) is 4.05. The summed E-state index contributed by atoms with van der Waals surface area (Å²) in [7, 11) is -2.85. The minimum atomic E-state index is -10.7. The molecule has 2 heterocycles. The number of nitrogens with zero attached hydrogens (tertiary/aromatic N) is 4. The normalized spacial score (nSPS) is 20.7. The first-order valence-electron chi connectivity index (χ1n) is 6.17.